The van der Waals surface area contributed by atoms with Crippen molar-refractivity contribution in [2.24, 2.45) is 0 Å². The second-order valence-electron chi connectivity index (χ2n) is 6.53. The van der Waals surface area contributed by atoms with Gasteiger partial charge < -0.3 is 0 Å². The monoisotopic (exact) mass is 635 g/mol. The van der Waals surface area contributed by atoms with Crippen LogP contribution in [0.3, 0.4) is 0 Å². The third-order valence-electron chi connectivity index (χ3n) is 4.78. The van der Waals surface area contributed by atoms with Crippen LogP contribution < -0.4 is 63.6 Å². The summed E-state index contributed by atoms with van der Waals surface area (Å²) in [5.41, 5.74) is 3.84. The Kier molecular flexibility index (Phi) is 5.41. The molecule has 30 heavy (non-hydrogen) atoms. The molecule has 0 spiro atoms. The average molecular weight is 635 g/mol. The Morgan fingerprint density at radius 2 is 2.27 bits per heavy atom. The van der Waals surface area contributed by atoms with Crippen LogP contribution >= 0.6 is 0 Å². The topological polar surface area (TPSA) is 100 Å². The van der Waals surface area contributed by atoms with Crippen LogP contribution in [0.5, 0.6) is 11.5 Å². The summed E-state index contributed by atoms with van der Waals surface area (Å²) in [6, 6.07) is 6.47. The Bertz CT molecular complexity index is 1140. The van der Waals surface area contributed by atoms with Gasteiger partial charge in [0, 0.05) is 0 Å². The zero-order chi connectivity index (χ0) is 20.7. The first-order valence-electron chi connectivity index (χ1n) is 8.93. The number of pyridine rings is 1. The van der Waals surface area contributed by atoms with Gasteiger partial charge in [-0.05, 0) is 0 Å². The van der Waals surface area contributed by atoms with Crippen LogP contribution in [0, 0.1) is 5.82 Å². The molecule has 1 amide bonds. The van der Waals surface area contributed by atoms with E-state index >= 15 is 0 Å². The quantitative estimate of drug-likeness (QED) is 0.103. The van der Waals surface area contributed by atoms with Crippen LogP contribution in [0.2, 0.25) is 0 Å². The first-order chi connectivity index (χ1) is 14.7. The van der Waals surface area contributed by atoms with Crippen LogP contribution in [0.1, 0.15) is 16.1 Å². The molecule has 4 heterocycles. The minimum atomic E-state index is -0.727. The molecule has 1 aromatic carbocycles. The summed E-state index contributed by atoms with van der Waals surface area (Å²) in [4.78, 5) is 20.6. The standard InChI is InChI=1S/C19H16FI2N5O3/c1-29-18-10(20)3-2-4-11(18)24-17-15-12-7-14(26-19(15)28)21-27-22-30-13-8-23-6-5-9(13)16(17)25-12/h2-6,8,14,24-25,27H,7H2,1H3,(H,26,28)/q-2. The summed E-state index contributed by atoms with van der Waals surface area (Å²) >= 11 is -1.20. The van der Waals surface area contributed by atoms with E-state index in [-0.39, 0.29) is 15.7 Å². The van der Waals surface area contributed by atoms with Gasteiger partial charge in [-0.3, -0.25) is 0 Å². The molecule has 0 fully saturated rings. The number of carbonyl (C=O) groups excluding carboxylic acids is 1. The first-order valence-corrected chi connectivity index (χ1v) is 13.2. The molecule has 0 radical (unpaired) electrons. The summed E-state index contributed by atoms with van der Waals surface area (Å²) in [5, 5.41) is 6.33. The Balaban J connectivity index is 1.72. The van der Waals surface area contributed by atoms with Gasteiger partial charge in [-0.25, -0.2) is 0 Å². The molecule has 5 rings (SSSR count). The maximum atomic E-state index is 14.3. The number of benzene rings is 1. The van der Waals surface area contributed by atoms with Crippen molar-refractivity contribution in [1.82, 2.24) is 17.0 Å². The third-order valence-corrected chi connectivity index (χ3v) is 10.1. The predicted molar refractivity (Wildman–Crippen MR) is 99.0 cm³/mol. The number of alkyl halides is 1. The molecule has 0 saturated carbocycles. The van der Waals surface area contributed by atoms with Crippen molar-refractivity contribution in [3.05, 3.63) is 53.7 Å². The van der Waals surface area contributed by atoms with Crippen molar-refractivity contribution in [2.75, 3.05) is 12.4 Å². The van der Waals surface area contributed by atoms with Gasteiger partial charge in [-0.1, -0.05) is 0 Å². The van der Waals surface area contributed by atoms with Crippen molar-refractivity contribution in [3.8, 4) is 22.8 Å². The number of amides is 1. The molecule has 1 unspecified atom stereocenters. The molecule has 4 N–H and O–H groups in total. The molecule has 8 nitrogen and oxygen atoms in total. The Hall–Kier alpha value is -2.13. The number of aromatic nitrogens is 2. The number of nitrogens with one attached hydrogen (secondary N) is 4. The summed E-state index contributed by atoms with van der Waals surface area (Å²) in [6.45, 7) is 0. The van der Waals surface area contributed by atoms with Crippen LogP contribution in [0.4, 0.5) is 15.8 Å². The molecule has 11 heteroatoms. The minimum absolute atomic E-state index is 0.0643. The van der Waals surface area contributed by atoms with E-state index in [0.717, 1.165) is 11.3 Å². The van der Waals surface area contributed by atoms with Gasteiger partial charge in [-0.15, -0.1) is 0 Å². The summed E-state index contributed by atoms with van der Waals surface area (Å²) in [5.74, 6) is 0.0786. The first kappa shape index (κ1) is 19.8. The Labute approximate surface area is 193 Å². The number of para-hydroxylation sites is 1. The van der Waals surface area contributed by atoms with Crippen molar-refractivity contribution >= 4 is 17.3 Å². The van der Waals surface area contributed by atoms with Gasteiger partial charge >= 0.3 is 194 Å². The van der Waals surface area contributed by atoms with E-state index in [1.165, 1.54) is 13.2 Å². The fraction of sp³-hybridized carbons (Fsp3) is 0.158. The fourth-order valence-electron chi connectivity index (χ4n) is 3.51. The average Bonchev–Trinajstić information content (AvgIpc) is 3.08. The normalized spacial score (nSPS) is 17.9. The number of carbonyl (C=O) groups is 1. The summed E-state index contributed by atoms with van der Waals surface area (Å²) < 4.78 is 29.0. The van der Waals surface area contributed by atoms with Gasteiger partial charge in [0.25, 0.3) is 0 Å². The van der Waals surface area contributed by atoms with E-state index in [0.29, 0.717) is 34.8 Å². The van der Waals surface area contributed by atoms with E-state index in [2.05, 4.69) is 22.3 Å². The van der Waals surface area contributed by atoms with E-state index in [9.17, 15) is 9.18 Å². The SMILES string of the molecule is COc1c(F)cccc1Nc1c2[nH]c3c1C(=O)NC(C3)[I-]N[I-]Oc1cnccc1-2. The fourth-order valence-corrected chi connectivity index (χ4v) is 8.77. The number of hydrogen-bond donors (Lipinski definition) is 4. The van der Waals surface area contributed by atoms with Gasteiger partial charge in [0.05, 0.1) is 0 Å². The maximum absolute atomic E-state index is 14.3. The van der Waals surface area contributed by atoms with E-state index in [1.807, 2.05) is 6.07 Å². The van der Waals surface area contributed by atoms with Crippen LogP contribution in [-0.4, -0.2) is 27.0 Å². The van der Waals surface area contributed by atoms with Gasteiger partial charge in [0.15, 0.2) is 0 Å². The zero-order valence-corrected chi connectivity index (χ0v) is 19.9. The number of nitrogens with zero attached hydrogens (tertiary/aromatic N) is 1. The van der Waals surface area contributed by atoms with E-state index in [4.69, 9.17) is 7.80 Å². The number of fused-ring (bicyclic) bond motifs is 4. The second kappa shape index (κ2) is 8.19. The number of rotatable bonds is 3. The van der Waals surface area contributed by atoms with Gasteiger partial charge in [-0.2, -0.15) is 0 Å². The number of hydrogen-bond acceptors (Lipinski definition) is 6. The van der Waals surface area contributed by atoms with Crippen LogP contribution in [0.15, 0.2) is 36.7 Å². The van der Waals surface area contributed by atoms with Crippen molar-refractivity contribution < 1.29 is 60.4 Å². The van der Waals surface area contributed by atoms with Gasteiger partial charge in [0.2, 0.25) is 0 Å². The number of methoxy groups -OCH3 is 1. The van der Waals surface area contributed by atoms with Crippen LogP contribution in [0.25, 0.3) is 11.3 Å². The molecule has 3 bridgehead atoms. The van der Waals surface area contributed by atoms with E-state index in [1.54, 1.807) is 24.5 Å². The Morgan fingerprint density at radius 1 is 1.37 bits per heavy atom. The molecule has 1 atom stereocenters. The Morgan fingerprint density at radius 3 is 3.13 bits per heavy atom. The molecule has 2 aromatic heterocycles. The molecule has 3 aromatic rings. The number of halogens is 3. The number of aromatic amines is 1. The van der Waals surface area contributed by atoms with Gasteiger partial charge in [0.1, 0.15) is 0 Å². The molecule has 0 saturated heterocycles. The van der Waals surface area contributed by atoms with E-state index < -0.39 is 49.2 Å². The third kappa shape index (κ3) is 3.47. The molecule has 0 aliphatic carbocycles. The zero-order valence-electron chi connectivity index (χ0n) is 15.6. The number of ether oxygens (including phenoxy) is 1. The van der Waals surface area contributed by atoms with Crippen molar-refractivity contribution in [3.63, 3.8) is 0 Å². The van der Waals surface area contributed by atoms with Crippen molar-refractivity contribution in [2.45, 2.75) is 10.5 Å². The number of H-pyrrole nitrogens is 1. The number of anilines is 2. The van der Waals surface area contributed by atoms with Crippen molar-refractivity contribution in [1.29, 1.82) is 0 Å². The predicted octanol–water partition coefficient (Wildman–Crippen LogP) is -3.51. The molecular weight excluding hydrogens is 619 g/mol. The summed E-state index contributed by atoms with van der Waals surface area (Å²) in [6.07, 6.45) is 4.04. The molecular formula is C19H16FI2N5O3-2. The summed E-state index contributed by atoms with van der Waals surface area (Å²) in [7, 11) is 1.41. The van der Waals surface area contributed by atoms with Crippen LogP contribution in [-0.2, 0) is 6.42 Å². The molecule has 2 aliphatic rings. The second-order valence-corrected chi connectivity index (χ2v) is 12.7. The molecule has 158 valence electrons. The molecule has 2 aliphatic heterocycles.